The fourth-order valence-electron chi connectivity index (χ4n) is 1.79. The van der Waals surface area contributed by atoms with E-state index in [9.17, 15) is 4.79 Å². The van der Waals surface area contributed by atoms with Crippen LogP contribution in [0.3, 0.4) is 0 Å². The lowest BCUT2D eigenvalue weighted by atomic mass is 10.1. The summed E-state index contributed by atoms with van der Waals surface area (Å²) in [5.74, 6) is 0.873. The Morgan fingerprint density at radius 3 is 2.61 bits per heavy atom. The Balaban J connectivity index is 1.81. The van der Waals surface area contributed by atoms with Gasteiger partial charge in [-0.2, -0.15) is 0 Å². The first-order chi connectivity index (χ1) is 8.69. The molecule has 0 aromatic heterocycles. The largest absolute Gasteiger partial charge is 0.497 e. The van der Waals surface area contributed by atoms with Gasteiger partial charge in [-0.25, -0.2) is 0 Å². The molecule has 98 valence electrons. The van der Waals surface area contributed by atoms with Gasteiger partial charge in [0.2, 0.25) is 5.91 Å². The summed E-state index contributed by atoms with van der Waals surface area (Å²) in [5.41, 5.74) is 1.08. The van der Waals surface area contributed by atoms with Gasteiger partial charge in [-0.3, -0.25) is 4.79 Å². The van der Waals surface area contributed by atoms with Gasteiger partial charge in [-0.05, 0) is 37.5 Å². The topological polar surface area (TPSA) is 50.4 Å². The van der Waals surface area contributed by atoms with Crippen molar-refractivity contribution in [2.75, 3.05) is 13.7 Å². The lowest BCUT2D eigenvalue weighted by molar-refractivity contribution is -0.120. The van der Waals surface area contributed by atoms with Crippen molar-refractivity contribution < 1.29 is 9.53 Å². The van der Waals surface area contributed by atoms with Crippen molar-refractivity contribution in [1.29, 1.82) is 0 Å². The van der Waals surface area contributed by atoms with Crippen LogP contribution in [0.2, 0.25) is 0 Å². The molecule has 0 aliphatic heterocycles. The van der Waals surface area contributed by atoms with E-state index in [0.29, 0.717) is 12.6 Å². The smallest absolute Gasteiger partial charge is 0.234 e. The maximum Gasteiger partial charge on any atom is 0.234 e. The van der Waals surface area contributed by atoms with Crippen LogP contribution >= 0.6 is 0 Å². The molecular formula is C14H20N2O2. The number of carbonyl (C=O) groups excluding carboxylic acids is 1. The van der Waals surface area contributed by atoms with Gasteiger partial charge < -0.3 is 15.4 Å². The summed E-state index contributed by atoms with van der Waals surface area (Å²) in [6.45, 7) is 2.39. The number of benzene rings is 1. The summed E-state index contributed by atoms with van der Waals surface area (Å²) in [6, 6.07) is 8.33. The second-order valence-corrected chi connectivity index (χ2v) is 4.72. The Hall–Kier alpha value is -1.55. The number of rotatable bonds is 6. The highest BCUT2D eigenvalue weighted by Crippen LogP contribution is 2.18. The molecule has 4 nitrogen and oxygen atoms in total. The number of ether oxygens (including phenoxy) is 1. The van der Waals surface area contributed by atoms with Crippen LogP contribution in [0.15, 0.2) is 24.3 Å². The average Bonchev–Trinajstić information content (AvgIpc) is 3.20. The fraction of sp³-hybridized carbons (Fsp3) is 0.500. The van der Waals surface area contributed by atoms with Crippen molar-refractivity contribution in [3.05, 3.63) is 29.8 Å². The highest BCUT2D eigenvalue weighted by atomic mass is 16.5. The van der Waals surface area contributed by atoms with Crippen LogP contribution in [0.25, 0.3) is 0 Å². The minimum absolute atomic E-state index is 0.0180. The zero-order valence-corrected chi connectivity index (χ0v) is 10.9. The normalized spacial score (nSPS) is 16.1. The van der Waals surface area contributed by atoms with Crippen molar-refractivity contribution in [2.24, 2.45) is 0 Å². The van der Waals surface area contributed by atoms with E-state index in [4.69, 9.17) is 4.74 Å². The number of nitrogens with one attached hydrogen (secondary N) is 2. The van der Waals surface area contributed by atoms with E-state index >= 15 is 0 Å². The molecule has 1 amide bonds. The summed E-state index contributed by atoms with van der Waals surface area (Å²) >= 11 is 0. The molecule has 1 fully saturated rings. The minimum Gasteiger partial charge on any atom is -0.497 e. The van der Waals surface area contributed by atoms with Gasteiger partial charge >= 0.3 is 0 Å². The number of methoxy groups -OCH3 is 1. The third kappa shape index (κ3) is 3.74. The van der Waals surface area contributed by atoms with Crippen LogP contribution in [0.4, 0.5) is 0 Å². The molecule has 1 saturated carbocycles. The zero-order chi connectivity index (χ0) is 13.0. The lowest BCUT2D eigenvalue weighted by Gasteiger charge is -2.15. The van der Waals surface area contributed by atoms with E-state index < -0.39 is 0 Å². The van der Waals surface area contributed by atoms with E-state index in [2.05, 4.69) is 10.6 Å². The Kier molecular flexibility index (Phi) is 4.20. The van der Waals surface area contributed by atoms with Crippen LogP contribution in [-0.4, -0.2) is 25.6 Å². The van der Waals surface area contributed by atoms with Crippen LogP contribution in [-0.2, 0) is 4.79 Å². The third-order valence-corrected chi connectivity index (χ3v) is 3.12. The molecule has 0 radical (unpaired) electrons. The molecule has 0 spiro atoms. The van der Waals surface area contributed by atoms with E-state index in [0.717, 1.165) is 11.3 Å². The highest BCUT2D eigenvalue weighted by Gasteiger charge is 2.21. The predicted octanol–water partition coefficient (Wildman–Crippen LogP) is 1.62. The van der Waals surface area contributed by atoms with Gasteiger partial charge in [0.15, 0.2) is 0 Å². The van der Waals surface area contributed by atoms with Crippen molar-refractivity contribution in [1.82, 2.24) is 10.6 Å². The number of hydrogen-bond acceptors (Lipinski definition) is 3. The quantitative estimate of drug-likeness (QED) is 0.804. The van der Waals surface area contributed by atoms with E-state index in [1.165, 1.54) is 12.8 Å². The van der Waals surface area contributed by atoms with E-state index in [-0.39, 0.29) is 11.9 Å². The standard InChI is InChI=1S/C14H20N2O2/c1-10(11-3-7-13(18-2)8-4-11)16-14(17)9-15-12-5-6-12/h3-4,7-8,10,12,15H,5-6,9H2,1-2H3,(H,16,17)/t10-/m1/s1. The van der Waals surface area contributed by atoms with Crippen molar-refractivity contribution in [3.8, 4) is 5.75 Å². The van der Waals surface area contributed by atoms with Crippen LogP contribution in [0.5, 0.6) is 5.75 Å². The minimum atomic E-state index is 0.0180. The molecule has 2 N–H and O–H groups in total. The summed E-state index contributed by atoms with van der Waals surface area (Å²) in [7, 11) is 1.64. The van der Waals surface area contributed by atoms with E-state index in [1.54, 1.807) is 7.11 Å². The Bertz CT molecular complexity index is 399. The number of carbonyl (C=O) groups is 1. The molecule has 4 heteroatoms. The van der Waals surface area contributed by atoms with Crippen LogP contribution in [0, 0.1) is 0 Å². The second kappa shape index (κ2) is 5.87. The zero-order valence-electron chi connectivity index (χ0n) is 10.9. The van der Waals surface area contributed by atoms with E-state index in [1.807, 2.05) is 31.2 Å². The molecule has 1 aliphatic carbocycles. The monoisotopic (exact) mass is 248 g/mol. The van der Waals surface area contributed by atoms with Gasteiger partial charge in [0.1, 0.15) is 5.75 Å². The summed E-state index contributed by atoms with van der Waals surface area (Å²) in [6.07, 6.45) is 2.39. The van der Waals surface area contributed by atoms with Gasteiger partial charge in [-0.1, -0.05) is 12.1 Å². The predicted molar refractivity (Wildman–Crippen MR) is 70.6 cm³/mol. The summed E-state index contributed by atoms with van der Waals surface area (Å²) in [4.78, 5) is 11.7. The SMILES string of the molecule is COc1ccc([C@@H](C)NC(=O)CNC2CC2)cc1. The van der Waals surface area contributed by atoms with Gasteiger partial charge in [0.25, 0.3) is 0 Å². The fourth-order valence-corrected chi connectivity index (χ4v) is 1.79. The Morgan fingerprint density at radius 2 is 2.06 bits per heavy atom. The molecule has 1 aromatic rings. The second-order valence-electron chi connectivity index (χ2n) is 4.72. The molecule has 18 heavy (non-hydrogen) atoms. The number of amides is 1. The van der Waals surface area contributed by atoms with Crippen LogP contribution in [0.1, 0.15) is 31.4 Å². The lowest BCUT2D eigenvalue weighted by Crippen LogP contribution is -2.36. The average molecular weight is 248 g/mol. The Morgan fingerprint density at radius 1 is 1.39 bits per heavy atom. The maximum absolute atomic E-state index is 11.7. The molecule has 1 atom stereocenters. The first-order valence-corrected chi connectivity index (χ1v) is 6.35. The molecule has 0 heterocycles. The Labute approximate surface area is 108 Å². The highest BCUT2D eigenvalue weighted by molar-refractivity contribution is 5.78. The van der Waals surface area contributed by atoms with Crippen molar-refractivity contribution >= 4 is 5.91 Å². The van der Waals surface area contributed by atoms with Gasteiger partial charge in [0, 0.05) is 6.04 Å². The van der Waals surface area contributed by atoms with Crippen LogP contribution < -0.4 is 15.4 Å². The summed E-state index contributed by atoms with van der Waals surface area (Å²) in [5, 5.41) is 6.17. The maximum atomic E-state index is 11.7. The first-order valence-electron chi connectivity index (χ1n) is 6.35. The molecular weight excluding hydrogens is 228 g/mol. The van der Waals surface area contributed by atoms with Crippen molar-refractivity contribution in [3.63, 3.8) is 0 Å². The number of hydrogen-bond donors (Lipinski definition) is 2. The molecule has 0 saturated heterocycles. The first kappa shape index (κ1) is 12.9. The molecule has 1 aliphatic rings. The summed E-state index contributed by atoms with van der Waals surface area (Å²) < 4.78 is 5.10. The molecule has 0 bridgehead atoms. The molecule has 1 aromatic carbocycles. The molecule has 2 rings (SSSR count). The third-order valence-electron chi connectivity index (χ3n) is 3.12. The van der Waals surface area contributed by atoms with Gasteiger partial charge in [0.05, 0.1) is 19.7 Å². The van der Waals surface area contributed by atoms with Crippen molar-refractivity contribution in [2.45, 2.75) is 31.8 Å². The molecule has 0 unspecified atom stereocenters. The van der Waals surface area contributed by atoms with Gasteiger partial charge in [-0.15, -0.1) is 0 Å².